The van der Waals surface area contributed by atoms with Crippen molar-refractivity contribution in [3.8, 4) is 5.75 Å². The second kappa shape index (κ2) is 7.14. The second-order valence-corrected chi connectivity index (χ2v) is 6.64. The maximum absolute atomic E-state index is 12.0. The molecule has 4 heteroatoms. The highest BCUT2D eigenvalue weighted by atomic mass is 16.5. The smallest absolute Gasteiger partial charge is 0.220 e. The molecule has 1 amide bonds. The van der Waals surface area contributed by atoms with Crippen LogP contribution in [0.5, 0.6) is 5.75 Å². The van der Waals surface area contributed by atoms with E-state index < -0.39 is 0 Å². The number of nitrogens with one attached hydrogen (secondary N) is 2. The first-order chi connectivity index (χ1) is 10.7. The van der Waals surface area contributed by atoms with Crippen molar-refractivity contribution in [1.29, 1.82) is 0 Å². The van der Waals surface area contributed by atoms with Crippen LogP contribution in [0.2, 0.25) is 0 Å². The first-order valence-corrected chi connectivity index (χ1v) is 8.44. The lowest BCUT2D eigenvalue weighted by atomic mass is 9.99. The molecule has 120 valence electrons. The minimum absolute atomic E-state index is 0.166. The SMILES string of the molecule is Cc1cccc(OCCCC(=O)NC2CC3CCC(C2)N3)c1. The molecule has 22 heavy (non-hydrogen) atoms. The summed E-state index contributed by atoms with van der Waals surface area (Å²) in [4.78, 5) is 12.0. The van der Waals surface area contributed by atoms with Crippen molar-refractivity contribution in [3.63, 3.8) is 0 Å². The quantitative estimate of drug-likeness (QED) is 0.794. The number of carbonyl (C=O) groups excluding carboxylic acids is 1. The van der Waals surface area contributed by atoms with E-state index in [9.17, 15) is 4.79 Å². The van der Waals surface area contributed by atoms with Crippen molar-refractivity contribution in [2.45, 2.75) is 63.6 Å². The van der Waals surface area contributed by atoms with E-state index in [0.717, 1.165) is 25.0 Å². The highest BCUT2D eigenvalue weighted by Gasteiger charge is 2.33. The van der Waals surface area contributed by atoms with Gasteiger partial charge in [0.15, 0.2) is 0 Å². The van der Waals surface area contributed by atoms with Crippen molar-refractivity contribution in [3.05, 3.63) is 29.8 Å². The molecule has 2 fully saturated rings. The van der Waals surface area contributed by atoms with Crippen LogP contribution in [0, 0.1) is 6.92 Å². The van der Waals surface area contributed by atoms with Crippen LogP contribution in [-0.4, -0.2) is 30.6 Å². The normalized spacial score (nSPS) is 26.7. The lowest BCUT2D eigenvalue weighted by Crippen LogP contribution is -2.48. The molecule has 0 aliphatic carbocycles. The number of hydrogen-bond acceptors (Lipinski definition) is 3. The molecule has 2 heterocycles. The van der Waals surface area contributed by atoms with Gasteiger partial charge in [0, 0.05) is 24.5 Å². The third-order valence-corrected chi connectivity index (χ3v) is 4.64. The molecule has 2 N–H and O–H groups in total. The predicted molar refractivity (Wildman–Crippen MR) is 87.0 cm³/mol. The Bertz CT molecular complexity index is 506. The third-order valence-electron chi connectivity index (χ3n) is 4.64. The number of amides is 1. The van der Waals surface area contributed by atoms with Gasteiger partial charge in [0.1, 0.15) is 5.75 Å². The largest absolute Gasteiger partial charge is 0.494 e. The number of hydrogen-bond donors (Lipinski definition) is 2. The number of rotatable bonds is 6. The number of aryl methyl sites for hydroxylation is 1. The zero-order valence-corrected chi connectivity index (χ0v) is 13.3. The Morgan fingerprint density at radius 2 is 2.09 bits per heavy atom. The van der Waals surface area contributed by atoms with Gasteiger partial charge in [-0.05, 0) is 56.7 Å². The average Bonchev–Trinajstić information content (AvgIpc) is 2.83. The Morgan fingerprint density at radius 1 is 1.32 bits per heavy atom. The molecule has 4 nitrogen and oxygen atoms in total. The third kappa shape index (κ3) is 4.23. The van der Waals surface area contributed by atoms with Gasteiger partial charge in [0.2, 0.25) is 5.91 Å². The highest BCUT2D eigenvalue weighted by molar-refractivity contribution is 5.76. The topological polar surface area (TPSA) is 50.4 Å². The van der Waals surface area contributed by atoms with Gasteiger partial charge in [-0.2, -0.15) is 0 Å². The van der Waals surface area contributed by atoms with Gasteiger partial charge in [0.05, 0.1) is 6.61 Å². The maximum atomic E-state index is 12.0. The summed E-state index contributed by atoms with van der Waals surface area (Å²) in [7, 11) is 0. The zero-order valence-electron chi connectivity index (χ0n) is 13.3. The number of benzene rings is 1. The summed E-state index contributed by atoms with van der Waals surface area (Å²) in [6.07, 6.45) is 6.01. The Balaban J connectivity index is 1.33. The predicted octanol–water partition coefficient (Wildman–Crippen LogP) is 2.55. The molecule has 0 saturated carbocycles. The average molecular weight is 302 g/mol. The van der Waals surface area contributed by atoms with Crippen LogP contribution >= 0.6 is 0 Å². The van der Waals surface area contributed by atoms with E-state index in [1.54, 1.807) is 0 Å². The van der Waals surface area contributed by atoms with Crippen LogP contribution < -0.4 is 15.4 Å². The Morgan fingerprint density at radius 3 is 2.82 bits per heavy atom. The van der Waals surface area contributed by atoms with Gasteiger partial charge in [-0.15, -0.1) is 0 Å². The van der Waals surface area contributed by atoms with E-state index in [4.69, 9.17) is 4.74 Å². The van der Waals surface area contributed by atoms with Crippen LogP contribution in [0.25, 0.3) is 0 Å². The number of piperidine rings is 1. The minimum Gasteiger partial charge on any atom is -0.494 e. The Labute approximate surface area is 132 Å². The van der Waals surface area contributed by atoms with Gasteiger partial charge in [-0.1, -0.05) is 12.1 Å². The van der Waals surface area contributed by atoms with Crippen molar-refractivity contribution in [2.24, 2.45) is 0 Å². The van der Waals surface area contributed by atoms with Gasteiger partial charge in [0.25, 0.3) is 0 Å². The molecule has 2 aliphatic heterocycles. The molecule has 0 aromatic heterocycles. The lowest BCUT2D eigenvalue weighted by molar-refractivity contribution is -0.122. The monoisotopic (exact) mass is 302 g/mol. The summed E-state index contributed by atoms with van der Waals surface area (Å²) in [6, 6.07) is 9.62. The summed E-state index contributed by atoms with van der Waals surface area (Å²) in [5.41, 5.74) is 1.19. The van der Waals surface area contributed by atoms with Crippen molar-refractivity contribution in [2.75, 3.05) is 6.61 Å². The fourth-order valence-electron chi connectivity index (χ4n) is 3.60. The molecule has 2 aliphatic rings. The second-order valence-electron chi connectivity index (χ2n) is 6.64. The van der Waals surface area contributed by atoms with Crippen molar-refractivity contribution >= 4 is 5.91 Å². The molecule has 2 atom stereocenters. The summed E-state index contributed by atoms with van der Waals surface area (Å²) in [6.45, 7) is 2.64. The highest BCUT2D eigenvalue weighted by Crippen LogP contribution is 2.26. The molecular formula is C18H26N2O2. The van der Waals surface area contributed by atoms with E-state index in [-0.39, 0.29) is 5.91 Å². The summed E-state index contributed by atoms with van der Waals surface area (Å²) >= 11 is 0. The van der Waals surface area contributed by atoms with E-state index in [1.807, 2.05) is 31.2 Å². The minimum atomic E-state index is 0.166. The lowest BCUT2D eigenvalue weighted by Gasteiger charge is -2.29. The van der Waals surface area contributed by atoms with E-state index in [2.05, 4.69) is 10.6 Å². The van der Waals surface area contributed by atoms with Crippen molar-refractivity contribution in [1.82, 2.24) is 10.6 Å². The van der Waals surface area contributed by atoms with Gasteiger partial charge >= 0.3 is 0 Å². The standard InChI is InChI=1S/C18H26N2O2/c1-13-4-2-5-17(10-13)22-9-3-6-18(21)20-16-11-14-7-8-15(12-16)19-14/h2,4-5,10,14-16,19H,3,6-9,11-12H2,1H3,(H,20,21). The Hall–Kier alpha value is -1.55. The van der Waals surface area contributed by atoms with Crippen LogP contribution in [0.15, 0.2) is 24.3 Å². The van der Waals surface area contributed by atoms with Gasteiger partial charge in [-0.3, -0.25) is 4.79 Å². The molecule has 0 radical (unpaired) electrons. The van der Waals surface area contributed by atoms with Gasteiger partial charge in [-0.25, -0.2) is 0 Å². The van der Waals surface area contributed by atoms with Crippen molar-refractivity contribution < 1.29 is 9.53 Å². The molecule has 2 bridgehead atoms. The van der Waals surface area contributed by atoms with Crippen LogP contribution in [-0.2, 0) is 4.79 Å². The van der Waals surface area contributed by atoms with E-state index in [1.165, 1.54) is 18.4 Å². The molecule has 1 aromatic carbocycles. The molecule has 0 spiro atoms. The van der Waals surface area contributed by atoms with Crippen LogP contribution in [0.1, 0.15) is 44.1 Å². The molecule has 2 unspecified atom stereocenters. The Kier molecular flexibility index (Phi) is 4.98. The van der Waals surface area contributed by atoms with Crippen LogP contribution in [0.4, 0.5) is 0 Å². The van der Waals surface area contributed by atoms with E-state index >= 15 is 0 Å². The number of carbonyl (C=O) groups is 1. The zero-order chi connectivity index (χ0) is 15.4. The fraction of sp³-hybridized carbons (Fsp3) is 0.611. The molecular weight excluding hydrogens is 276 g/mol. The number of fused-ring (bicyclic) bond motifs is 2. The van der Waals surface area contributed by atoms with E-state index in [0.29, 0.717) is 31.2 Å². The fourth-order valence-corrected chi connectivity index (χ4v) is 3.60. The summed E-state index contributed by atoms with van der Waals surface area (Å²) in [5.74, 6) is 1.05. The summed E-state index contributed by atoms with van der Waals surface area (Å²) in [5, 5.41) is 6.79. The van der Waals surface area contributed by atoms with Gasteiger partial charge < -0.3 is 15.4 Å². The molecule has 3 rings (SSSR count). The number of ether oxygens (including phenoxy) is 1. The molecule has 1 aromatic rings. The summed E-state index contributed by atoms with van der Waals surface area (Å²) < 4.78 is 5.68. The molecule has 2 saturated heterocycles. The first-order valence-electron chi connectivity index (χ1n) is 8.44. The van der Waals surface area contributed by atoms with Crippen LogP contribution in [0.3, 0.4) is 0 Å². The first kappa shape index (κ1) is 15.3. The maximum Gasteiger partial charge on any atom is 0.220 e.